The van der Waals surface area contributed by atoms with Crippen LogP contribution in [0.1, 0.15) is 18.4 Å². The fourth-order valence-electron chi connectivity index (χ4n) is 2.60. The fraction of sp³-hybridized carbons (Fsp3) is 0.571. The monoisotopic (exact) mass is 312 g/mol. The van der Waals surface area contributed by atoms with Crippen LogP contribution in [0.4, 0.5) is 0 Å². The third kappa shape index (κ3) is 3.54. The zero-order chi connectivity index (χ0) is 13.0. The Bertz CT molecular complexity index is 386. The summed E-state index contributed by atoms with van der Waals surface area (Å²) >= 11 is 3.52. The van der Waals surface area contributed by atoms with Crippen LogP contribution in [0, 0.1) is 0 Å². The van der Waals surface area contributed by atoms with Crippen molar-refractivity contribution in [3.05, 3.63) is 34.3 Å². The van der Waals surface area contributed by atoms with Crippen LogP contribution in [0.5, 0.6) is 0 Å². The third-order valence-electron chi connectivity index (χ3n) is 3.67. The quantitative estimate of drug-likeness (QED) is 0.927. The molecular formula is C14H21BrN2O. The van der Waals surface area contributed by atoms with Gasteiger partial charge in [0, 0.05) is 37.3 Å². The molecule has 1 aromatic rings. The minimum atomic E-state index is 0.373. The molecule has 2 N–H and O–H groups in total. The topological polar surface area (TPSA) is 38.5 Å². The molecule has 2 atom stereocenters. The number of benzene rings is 1. The number of nitrogens with zero attached hydrogens (tertiary/aromatic N) is 1. The Morgan fingerprint density at radius 2 is 2.33 bits per heavy atom. The third-order valence-corrected chi connectivity index (χ3v) is 4.16. The van der Waals surface area contributed by atoms with E-state index in [1.165, 1.54) is 5.56 Å². The summed E-state index contributed by atoms with van der Waals surface area (Å²) in [6, 6.07) is 8.92. The van der Waals surface area contributed by atoms with Crippen LogP contribution < -0.4 is 5.73 Å². The highest BCUT2D eigenvalue weighted by atomic mass is 79.9. The Morgan fingerprint density at radius 3 is 3.00 bits per heavy atom. The molecule has 0 radical (unpaired) electrons. The molecule has 0 amide bonds. The van der Waals surface area contributed by atoms with Gasteiger partial charge in [-0.3, -0.25) is 4.90 Å². The summed E-state index contributed by atoms with van der Waals surface area (Å²) in [4.78, 5) is 2.47. The van der Waals surface area contributed by atoms with Crippen LogP contribution in [-0.4, -0.2) is 37.2 Å². The predicted molar refractivity (Wildman–Crippen MR) is 77.4 cm³/mol. The van der Waals surface area contributed by atoms with Crippen molar-refractivity contribution in [3.63, 3.8) is 0 Å². The summed E-state index contributed by atoms with van der Waals surface area (Å²) in [5.41, 5.74) is 7.22. The van der Waals surface area contributed by atoms with Crippen molar-refractivity contribution < 1.29 is 4.74 Å². The van der Waals surface area contributed by atoms with E-state index in [0.29, 0.717) is 18.7 Å². The summed E-state index contributed by atoms with van der Waals surface area (Å²) in [5, 5.41) is 0. The standard InChI is InChI=1S/C14H21BrN2O/c1-18-14-5-6-17(13(8-14)9-16)10-11-3-2-4-12(15)7-11/h2-4,7,13-14H,5-6,8-10,16H2,1H3. The van der Waals surface area contributed by atoms with Gasteiger partial charge in [-0.15, -0.1) is 0 Å². The van der Waals surface area contributed by atoms with E-state index >= 15 is 0 Å². The lowest BCUT2D eigenvalue weighted by atomic mass is 9.98. The summed E-state index contributed by atoms with van der Waals surface area (Å²) in [5.74, 6) is 0. The molecule has 0 aliphatic carbocycles. The van der Waals surface area contributed by atoms with Gasteiger partial charge in [0.25, 0.3) is 0 Å². The predicted octanol–water partition coefficient (Wildman–Crippen LogP) is 2.39. The van der Waals surface area contributed by atoms with E-state index in [0.717, 1.165) is 30.4 Å². The molecule has 2 unspecified atom stereocenters. The lowest BCUT2D eigenvalue weighted by molar-refractivity contribution is 0.0102. The van der Waals surface area contributed by atoms with Crippen molar-refractivity contribution in [1.82, 2.24) is 4.90 Å². The maximum Gasteiger partial charge on any atom is 0.0599 e. The molecule has 1 fully saturated rings. The maximum atomic E-state index is 5.89. The molecule has 3 nitrogen and oxygen atoms in total. The molecule has 4 heteroatoms. The Balaban J connectivity index is 2.00. The normalized spacial score (nSPS) is 25.3. The van der Waals surface area contributed by atoms with Crippen LogP contribution in [0.3, 0.4) is 0 Å². The molecule has 18 heavy (non-hydrogen) atoms. The SMILES string of the molecule is COC1CCN(Cc2cccc(Br)c2)C(CN)C1. The summed E-state index contributed by atoms with van der Waals surface area (Å²) in [6.07, 6.45) is 2.51. The van der Waals surface area contributed by atoms with Gasteiger partial charge < -0.3 is 10.5 Å². The Kier molecular flexibility index (Phi) is 5.18. The Labute approximate surface area is 117 Å². The van der Waals surface area contributed by atoms with Gasteiger partial charge in [-0.25, -0.2) is 0 Å². The van der Waals surface area contributed by atoms with Gasteiger partial charge >= 0.3 is 0 Å². The molecule has 0 saturated carbocycles. The molecule has 1 heterocycles. The first kappa shape index (κ1) is 14.0. The lowest BCUT2D eigenvalue weighted by Gasteiger charge is -2.38. The number of hydrogen-bond donors (Lipinski definition) is 1. The molecule has 0 aromatic heterocycles. The first-order valence-corrected chi connectivity index (χ1v) is 7.23. The van der Waals surface area contributed by atoms with Crippen LogP contribution in [0.25, 0.3) is 0 Å². The summed E-state index contributed by atoms with van der Waals surface area (Å²) in [6.45, 7) is 2.73. The number of piperidine rings is 1. The van der Waals surface area contributed by atoms with Crippen LogP contribution >= 0.6 is 15.9 Å². The first-order chi connectivity index (χ1) is 8.72. The van der Waals surface area contributed by atoms with Gasteiger partial charge in [0.2, 0.25) is 0 Å². The molecule has 100 valence electrons. The Hall–Kier alpha value is -0.420. The maximum absolute atomic E-state index is 5.89. The van der Waals surface area contributed by atoms with Crippen molar-refractivity contribution in [2.45, 2.75) is 31.5 Å². The second kappa shape index (κ2) is 6.66. The van der Waals surface area contributed by atoms with Gasteiger partial charge in [0.15, 0.2) is 0 Å². The molecule has 1 saturated heterocycles. The van der Waals surface area contributed by atoms with Gasteiger partial charge in [-0.2, -0.15) is 0 Å². The Morgan fingerprint density at radius 1 is 1.50 bits per heavy atom. The van der Waals surface area contributed by atoms with E-state index in [4.69, 9.17) is 10.5 Å². The number of likely N-dealkylation sites (tertiary alicyclic amines) is 1. The molecule has 0 spiro atoms. The van der Waals surface area contributed by atoms with E-state index in [-0.39, 0.29) is 0 Å². The number of ether oxygens (including phenoxy) is 1. The highest BCUT2D eigenvalue weighted by Gasteiger charge is 2.27. The van der Waals surface area contributed by atoms with Crippen molar-refractivity contribution in [1.29, 1.82) is 0 Å². The largest absolute Gasteiger partial charge is 0.381 e. The fourth-order valence-corrected chi connectivity index (χ4v) is 3.05. The van der Waals surface area contributed by atoms with E-state index in [1.807, 2.05) is 0 Å². The van der Waals surface area contributed by atoms with E-state index in [9.17, 15) is 0 Å². The van der Waals surface area contributed by atoms with Crippen LogP contribution in [0.2, 0.25) is 0 Å². The second-order valence-corrected chi connectivity index (χ2v) is 5.79. The number of rotatable bonds is 4. The molecule has 1 aromatic carbocycles. The number of halogens is 1. The van der Waals surface area contributed by atoms with Gasteiger partial charge in [-0.05, 0) is 30.5 Å². The van der Waals surface area contributed by atoms with Gasteiger partial charge in [-0.1, -0.05) is 28.1 Å². The van der Waals surface area contributed by atoms with Gasteiger partial charge in [0.1, 0.15) is 0 Å². The van der Waals surface area contributed by atoms with Crippen LogP contribution in [0.15, 0.2) is 28.7 Å². The number of nitrogens with two attached hydrogens (primary N) is 1. The van der Waals surface area contributed by atoms with Crippen molar-refractivity contribution in [3.8, 4) is 0 Å². The number of methoxy groups -OCH3 is 1. The summed E-state index contributed by atoms with van der Waals surface area (Å²) in [7, 11) is 1.79. The highest BCUT2D eigenvalue weighted by molar-refractivity contribution is 9.10. The minimum Gasteiger partial charge on any atom is -0.381 e. The van der Waals surface area contributed by atoms with E-state index < -0.39 is 0 Å². The minimum absolute atomic E-state index is 0.373. The second-order valence-electron chi connectivity index (χ2n) is 4.87. The molecule has 2 rings (SSSR count). The zero-order valence-corrected chi connectivity index (χ0v) is 12.4. The van der Waals surface area contributed by atoms with Crippen LogP contribution in [-0.2, 0) is 11.3 Å². The van der Waals surface area contributed by atoms with Crippen molar-refractivity contribution in [2.24, 2.45) is 5.73 Å². The number of hydrogen-bond acceptors (Lipinski definition) is 3. The lowest BCUT2D eigenvalue weighted by Crippen LogP contribution is -2.47. The van der Waals surface area contributed by atoms with E-state index in [2.05, 4.69) is 45.1 Å². The smallest absolute Gasteiger partial charge is 0.0599 e. The zero-order valence-electron chi connectivity index (χ0n) is 10.8. The van der Waals surface area contributed by atoms with E-state index in [1.54, 1.807) is 7.11 Å². The first-order valence-electron chi connectivity index (χ1n) is 6.44. The average molecular weight is 313 g/mol. The molecule has 1 aliphatic heterocycles. The molecule has 1 aliphatic rings. The average Bonchev–Trinajstić information content (AvgIpc) is 2.39. The van der Waals surface area contributed by atoms with Crippen molar-refractivity contribution >= 4 is 15.9 Å². The molecule has 0 bridgehead atoms. The summed E-state index contributed by atoms with van der Waals surface area (Å²) < 4.78 is 6.59. The van der Waals surface area contributed by atoms with Gasteiger partial charge in [0.05, 0.1) is 6.10 Å². The molecular weight excluding hydrogens is 292 g/mol. The highest BCUT2D eigenvalue weighted by Crippen LogP contribution is 2.22. The van der Waals surface area contributed by atoms with Crippen molar-refractivity contribution in [2.75, 3.05) is 20.2 Å².